The smallest absolute Gasteiger partial charge is 0.321 e. The molecular formula is C16H22F2N3O2+. The number of amides is 3. The SMILES string of the molecule is C[C@H]([NH2+]CC(=O)NC(=O)NC1CCCC1)c1ccc(F)cc1F. The molecule has 126 valence electrons. The van der Waals surface area contributed by atoms with Crippen LogP contribution in [-0.2, 0) is 4.79 Å². The average Bonchev–Trinajstić information content (AvgIpc) is 2.97. The van der Waals surface area contributed by atoms with E-state index in [1.165, 1.54) is 12.1 Å². The van der Waals surface area contributed by atoms with Gasteiger partial charge in [0.2, 0.25) is 0 Å². The molecule has 2 rings (SSSR count). The van der Waals surface area contributed by atoms with Gasteiger partial charge in [-0.3, -0.25) is 10.1 Å². The van der Waals surface area contributed by atoms with Gasteiger partial charge in [-0.1, -0.05) is 12.8 Å². The molecule has 1 atom stereocenters. The molecule has 0 bridgehead atoms. The first kappa shape index (κ1) is 17.3. The van der Waals surface area contributed by atoms with E-state index in [1.54, 1.807) is 12.2 Å². The van der Waals surface area contributed by atoms with Gasteiger partial charge < -0.3 is 10.6 Å². The Morgan fingerprint density at radius 2 is 2.00 bits per heavy atom. The summed E-state index contributed by atoms with van der Waals surface area (Å²) in [6.45, 7) is 1.69. The van der Waals surface area contributed by atoms with E-state index in [0.29, 0.717) is 5.56 Å². The molecule has 1 aromatic rings. The van der Waals surface area contributed by atoms with E-state index in [2.05, 4.69) is 10.6 Å². The molecule has 0 radical (unpaired) electrons. The number of urea groups is 1. The van der Waals surface area contributed by atoms with Gasteiger partial charge in [0, 0.05) is 17.7 Å². The van der Waals surface area contributed by atoms with Gasteiger partial charge in [0.25, 0.3) is 5.91 Å². The quantitative estimate of drug-likeness (QED) is 0.764. The van der Waals surface area contributed by atoms with E-state index in [4.69, 9.17) is 0 Å². The summed E-state index contributed by atoms with van der Waals surface area (Å²) < 4.78 is 26.5. The monoisotopic (exact) mass is 326 g/mol. The summed E-state index contributed by atoms with van der Waals surface area (Å²) in [5.41, 5.74) is 0.314. The zero-order chi connectivity index (χ0) is 16.8. The fourth-order valence-corrected chi connectivity index (χ4v) is 2.75. The Morgan fingerprint density at radius 1 is 1.30 bits per heavy atom. The molecule has 0 spiro atoms. The van der Waals surface area contributed by atoms with Crippen LogP contribution in [0.5, 0.6) is 0 Å². The van der Waals surface area contributed by atoms with E-state index >= 15 is 0 Å². The highest BCUT2D eigenvalue weighted by Gasteiger charge is 2.20. The number of carbonyl (C=O) groups is 2. The molecule has 1 saturated carbocycles. The van der Waals surface area contributed by atoms with Gasteiger partial charge in [0.05, 0.1) is 0 Å². The van der Waals surface area contributed by atoms with E-state index in [9.17, 15) is 18.4 Å². The number of rotatable bonds is 5. The minimum Gasteiger partial charge on any atom is -0.335 e. The molecule has 1 fully saturated rings. The van der Waals surface area contributed by atoms with Crippen LogP contribution in [0.2, 0.25) is 0 Å². The molecule has 3 amide bonds. The van der Waals surface area contributed by atoms with Gasteiger partial charge in [-0.15, -0.1) is 0 Å². The maximum Gasteiger partial charge on any atom is 0.321 e. The molecule has 0 aliphatic heterocycles. The molecule has 23 heavy (non-hydrogen) atoms. The maximum atomic E-state index is 13.6. The molecule has 0 heterocycles. The summed E-state index contributed by atoms with van der Waals surface area (Å²) in [6.07, 6.45) is 4.06. The Bertz CT molecular complexity index is 574. The number of nitrogens with two attached hydrogens (primary N) is 1. The number of carbonyl (C=O) groups excluding carboxylic acids is 2. The first-order valence-corrected chi connectivity index (χ1v) is 7.84. The maximum absolute atomic E-state index is 13.6. The lowest BCUT2D eigenvalue weighted by Crippen LogP contribution is -2.87. The van der Waals surface area contributed by atoms with Crippen molar-refractivity contribution in [3.63, 3.8) is 0 Å². The predicted octanol–water partition coefficient (Wildman–Crippen LogP) is 1.36. The molecule has 0 aromatic heterocycles. The van der Waals surface area contributed by atoms with E-state index < -0.39 is 23.6 Å². The average molecular weight is 326 g/mol. The lowest BCUT2D eigenvalue weighted by molar-refractivity contribution is -0.682. The van der Waals surface area contributed by atoms with Gasteiger partial charge in [0.1, 0.15) is 17.7 Å². The van der Waals surface area contributed by atoms with Crippen molar-refractivity contribution in [3.05, 3.63) is 35.4 Å². The number of hydrogen-bond donors (Lipinski definition) is 3. The molecule has 1 aliphatic rings. The van der Waals surface area contributed by atoms with Gasteiger partial charge in [-0.05, 0) is 31.9 Å². The topological polar surface area (TPSA) is 74.8 Å². The number of quaternary nitrogens is 1. The molecule has 5 nitrogen and oxygen atoms in total. The van der Waals surface area contributed by atoms with Crippen LogP contribution in [0.3, 0.4) is 0 Å². The second-order valence-electron chi connectivity index (χ2n) is 5.90. The lowest BCUT2D eigenvalue weighted by Gasteiger charge is -2.14. The van der Waals surface area contributed by atoms with Crippen molar-refractivity contribution in [1.82, 2.24) is 10.6 Å². The number of benzene rings is 1. The molecule has 0 saturated heterocycles. The molecular weight excluding hydrogens is 304 g/mol. The van der Waals surface area contributed by atoms with Crippen LogP contribution in [0, 0.1) is 11.6 Å². The van der Waals surface area contributed by atoms with Crippen LogP contribution >= 0.6 is 0 Å². The van der Waals surface area contributed by atoms with Crippen LogP contribution in [0.15, 0.2) is 18.2 Å². The van der Waals surface area contributed by atoms with Crippen molar-refractivity contribution in [2.45, 2.75) is 44.7 Å². The molecule has 0 unspecified atom stereocenters. The van der Waals surface area contributed by atoms with Crippen molar-refractivity contribution < 1.29 is 23.7 Å². The molecule has 1 aliphatic carbocycles. The highest BCUT2D eigenvalue weighted by molar-refractivity contribution is 5.94. The third-order valence-corrected chi connectivity index (χ3v) is 4.05. The van der Waals surface area contributed by atoms with Gasteiger partial charge >= 0.3 is 6.03 Å². The van der Waals surface area contributed by atoms with E-state index in [1.807, 2.05) is 0 Å². The molecule has 1 aromatic carbocycles. The van der Waals surface area contributed by atoms with Crippen LogP contribution in [0.4, 0.5) is 13.6 Å². The lowest BCUT2D eigenvalue weighted by atomic mass is 10.1. The number of nitrogens with one attached hydrogen (secondary N) is 2. The zero-order valence-corrected chi connectivity index (χ0v) is 13.1. The van der Waals surface area contributed by atoms with Crippen LogP contribution in [0.1, 0.15) is 44.2 Å². The van der Waals surface area contributed by atoms with Crippen molar-refractivity contribution >= 4 is 11.9 Å². The van der Waals surface area contributed by atoms with Crippen LogP contribution in [0.25, 0.3) is 0 Å². The minimum absolute atomic E-state index is 0.0178. The van der Waals surface area contributed by atoms with E-state index in [0.717, 1.165) is 31.7 Å². The second-order valence-corrected chi connectivity index (χ2v) is 5.90. The van der Waals surface area contributed by atoms with Crippen molar-refractivity contribution in [2.24, 2.45) is 0 Å². The first-order chi connectivity index (χ1) is 11.0. The molecule has 4 N–H and O–H groups in total. The fraction of sp³-hybridized carbons (Fsp3) is 0.500. The Kier molecular flexibility index (Phi) is 6.04. The van der Waals surface area contributed by atoms with Crippen LogP contribution < -0.4 is 16.0 Å². The fourth-order valence-electron chi connectivity index (χ4n) is 2.75. The second kappa shape index (κ2) is 8.01. The van der Waals surface area contributed by atoms with E-state index in [-0.39, 0.29) is 18.6 Å². The molecule has 7 heteroatoms. The third kappa shape index (κ3) is 5.28. The summed E-state index contributed by atoms with van der Waals surface area (Å²) in [5, 5.41) is 6.61. The zero-order valence-electron chi connectivity index (χ0n) is 13.1. The summed E-state index contributed by atoms with van der Waals surface area (Å²) in [7, 11) is 0. The largest absolute Gasteiger partial charge is 0.335 e. The Balaban J connectivity index is 1.75. The summed E-state index contributed by atoms with van der Waals surface area (Å²) >= 11 is 0. The Hall–Kier alpha value is -2.02. The number of hydrogen-bond acceptors (Lipinski definition) is 2. The van der Waals surface area contributed by atoms with Gasteiger partial charge in [-0.25, -0.2) is 13.6 Å². The van der Waals surface area contributed by atoms with Crippen molar-refractivity contribution in [3.8, 4) is 0 Å². The highest BCUT2D eigenvalue weighted by Crippen LogP contribution is 2.17. The van der Waals surface area contributed by atoms with Gasteiger partial charge in [0.15, 0.2) is 6.54 Å². The predicted molar refractivity (Wildman–Crippen MR) is 80.5 cm³/mol. The summed E-state index contributed by atoms with van der Waals surface area (Å²) in [5.74, 6) is -1.73. The van der Waals surface area contributed by atoms with Crippen molar-refractivity contribution in [1.29, 1.82) is 0 Å². The normalized spacial score (nSPS) is 16.1. The van der Waals surface area contributed by atoms with Gasteiger partial charge in [-0.2, -0.15) is 0 Å². The number of halogens is 2. The standard InChI is InChI=1S/C16H21F2N3O2/c1-10(13-7-6-11(17)8-14(13)18)19-9-15(22)21-16(23)20-12-4-2-3-5-12/h6-8,10,12,19H,2-5,9H2,1H3,(H2,20,21,22,23)/p+1/t10-/m0/s1. The first-order valence-electron chi connectivity index (χ1n) is 7.84. The van der Waals surface area contributed by atoms with Crippen LogP contribution in [-0.4, -0.2) is 24.5 Å². The number of imide groups is 1. The van der Waals surface area contributed by atoms with Crippen molar-refractivity contribution in [2.75, 3.05) is 6.54 Å². The third-order valence-electron chi connectivity index (χ3n) is 4.05. The highest BCUT2D eigenvalue weighted by atomic mass is 19.1. The minimum atomic E-state index is -0.645. The Labute approximate surface area is 133 Å². The Morgan fingerprint density at radius 3 is 2.65 bits per heavy atom. The summed E-state index contributed by atoms with van der Waals surface area (Å²) in [4.78, 5) is 23.4. The summed E-state index contributed by atoms with van der Waals surface area (Å²) in [6, 6.07) is 2.64.